The normalized spacial score (nSPS) is 24.3. The van der Waals surface area contributed by atoms with E-state index in [4.69, 9.17) is 15.3 Å². The first kappa shape index (κ1) is 10.4. The number of nitrogens with one attached hydrogen (secondary N) is 1. The van der Waals surface area contributed by atoms with Crippen LogP contribution in [0.15, 0.2) is 0 Å². The highest BCUT2D eigenvalue weighted by molar-refractivity contribution is 5.80. The standard InChI is InChI=1S/C8H16N2O3/c1-2-7(8(11)10-9)13-6-3-4-12-5-6/h6-7H,2-5,9H2,1H3,(H,10,11). The molecule has 1 amide bonds. The lowest BCUT2D eigenvalue weighted by Crippen LogP contribution is -2.42. The summed E-state index contributed by atoms with van der Waals surface area (Å²) >= 11 is 0. The molecular weight excluding hydrogens is 172 g/mol. The first-order valence-corrected chi connectivity index (χ1v) is 4.51. The fourth-order valence-electron chi connectivity index (χ4n) is 1.29. The minimum atomic E-state index is -0.448. The minimum absolute atomic E-state index is 0.0437. The summed E-state index contributed by atoms with van der Waals surface area (Å²) < 4.78 is 10.6. The van der Waals surface area contributed by atoms with Crippen LogP contribution in [0, 0.1) is 0 Å². The average Bonchev–Trinajstić information content (AvgIpc) is 2.65. The molecule has 1 heterocycles. The van der Waals surface area contributed by atoms with Crippen molar-refractivity contribution in [2.75, 3.05) is 13.2 Å². The summed E-state index contributed by atoms with van der Waals surface area (Å²) in [6.45, 7) is 3.18. The Bertz CT molecular complexity index is 169. The van der Waals surface area contributed by atoms with Crippen LogP contribution in [0.2, 0.25) is 0 Å². The number of ether oxygens (including phenoxy) is 2. The van der Waals surface area contributed by atoms with Gasteiger partial charge in [-0.3, -0.25) is 10.2 Å². The Labute approximate surface area is 77.5 Å². The second-order valence-electron chi connectivity index (χ2n) is 3.03. The molecule has 1 aliphatic rings. The van der Waals surface area contributed by atoms with Gasteiger partial charge in [-0.15, -0.1) is 0 Å². The van der Waals surface area contributed by atoms with Crippen molar-refractivity contribution in [1.82, 2.24) is 5.43 Å². The molecule has 0 bridgehead atoms. The van der Waals surface area contributed by atoms with Crippen LogP contribution in [0.25, 0.3) is 0 Å². The predicted octanol–water partition coefficient (Wildman–Crippen LogP) is -0.440. The molecule has 76 valence electrons. The number of nitrogens with two attached hydrogens (primary N) is 1. The third-order valence-corrected chi connectivity index (χ3v) is 2.05. The molecule has 5 heteroatoms. The van der Waals surface area contributed by atoms with Gasteiger partial charge in [0.2, 0.25) is 0 Å². The topological polar surface area (TPSA) is 73.6 Å². The molecule has 2 atom stereocenters. The number of rotatable bonds is 4. The van der Waals surface area contributed by atoms with Crippen molar-refractivity contribution in [3.05, 3.63) is 0 Å². The van der Waals surface area contributed by atoms with Gasteiger partial charge in [0.05, 0.1) is 12.7 Å². The number of hydrogen-bond donors (Lipinski definition) is 2. The largest absolute Gasteiger partial charge is 0.379 e. The highest BCUT2D eigenvalue weighted by Gasteiger charge is 2.24. The molecule has 0 radical (unpaired) electrons. The van der Waals surface area contributed by atoms with Crippen LogP contribution in [-0.4, -0.2) is 31.3 Å². The number of carbonyl (C=O) groups is 1. The Hall–Kier alpha value is -0.650. The van der Waals surface area contributed by atoms with Gasteiger partial charge in [0.15, 0.2) is 0 Å². The van der Waals surface area contributed by atoms with Crippen molar-refractivity contribution in [2.24, 2.45) is 5.84 Å². The summed E-state index contributed by atoms with van der Waals surface area (Å²) in [5.41, 5.74) is 2.09. The molecule has 0 aromatic carbocycles. The fourth-order valence-corrected chi connectivity index (χ4v) is 1.29. The molecular formula is C8H16N2O3. The summed E-state index contributed by atoms with van der Waals surface area (Å²) in [7, 11) is 0. The van der Waals surface area contributed by atoms with E-state index in [1.54, 1.807) is 0 Å². The molecule has 0 spiro atoms. The Morgan fingerprint density at radius 2 is 2.62 bits per heavy atom. The SMILES string of the molecule is CCC(OC1CCOC1)C(=O)NN. The van der Waals surface area contributed by atoms with Crippen LogP contribution in [0.1, 0.15) is 19.8 Å². The third kappa shape index (κ3) is 2.95. The summed E-state index contributed by atoms with van der Waals surface area (Å²) in [6.07, 6.45) is 1.08. The van der Waals surface area contributed by atoms with Crippen molar-refractivity contribution in [1.29, 1.82) is 0 Å². The zero-order valence-corrected chi connectivity index (χ0v) is 7.79. The van der Waals surface area contributed by atoms with Crippen molar-refractivity contribution < 1.29 is 14.3 Å². The van der Waals surface area contributed by atoms with Crippen LogP contribution >= 0.6 is 0 Å². The van der Waals surface area contributed by atoms with E-state index in [-0.39, 0.29) is 12.0 Å². The number of hydrazine groups is 1. The Balaban J connectivity index is 2.33. The fraction of sp³-hybridized carbons (Fsp3) is 0.875. The van der Waals surface area contributed by atoms with Gasteiger partial charge >= 0.3 is 0 Å². The maximum Gasteiger partial charge on any atom is 0.262 e. The smallest absolute Gasteiger partial charge is 0.262 e. The molecule has 2 unspecified atom stereocenters. The van der Waals surface area contributed by atoms with E-state index in [1.165, 1.54) is 0 Å². The van der Waals surface area contributed by atoms with Crippen LogP contribution < -0.4 is 11.3 Å². The first-order chi connectivity index (χ1) is 6.27. The second kappa shape index (κ2) is 5.16. The molecule has 0 aromatic rings. The van der Waals surface area contributed by atoms with Crippen LogP contribution in [0.5, 0.6) is 0 Å². The van der Waals surface area contributed by atoms with E-state index in [0.717, 1.165) is 6.42 Å². The van der Waals surface area contributed by atoms with E-state index < -0.39 is 6.10 Å². The van der Waals surface area contributed by atoms with Crippen molar-refractivity contribution >= 4 is 5.91 Å². The number of amides is 1. The summed E-state index contributed by atoms with van der Waals surface area (Å²) in [5, 5.41) is 0. The molecule has 0 aliphatic carbocycles. The second-order valence-corrected chi connectivity index (χ2v) is 3.03. The average molecular weight is 188 g/mol. The van der Waals surface area contributed by atoms with Gasteiger partial charge in [0.25, 0.3) is 5.91 Å². The zero-order valence-electron chi connectivity index (χ0n) is 7.79. The Morgan fingerprint density at radius 1 is 1.85 bits per heavy atom. The summed E-state index contributed by atoms with van der Waals surface area (Å²) in [4.78, 5) is 11.1. The van der Waals surface area contributed by atoms with E-state index in [9.17, 15) is 4.79 Å². The lowest BCUT2D eigenvalue weighted by Gasteiger charge is -2.17. The van der Waals surface area contributed by atoms with Gasteiger partial charge in [-0.1, -0.05) is 6.92 Å². The molecule has 1 rings (SSSR count). The summed E-state index contributed by atoms with van der Waals surface area (Å²) in [5.74, 6) is 4.74. The van der Waals surface area contributed by atoms with Gasteiger partial charge in [-0.2, -0.15) is 0 Å². The number of carbonyl (C=O) groups excluding carboxylic acids is 1. The molecule has 1 aliphatic heterocycles. The van der Waals surface area contributed by atoms with Gasteiger partial charge in [-0.05, 0) is 12.8 Å². The van der Waals surface area contributed by atoms with Crippen LogP contribution in [0.4, 0.5) is 0 Å². The molecule has 1 fully saturated rings. The van der Waals surface area contributed by atoms with Crippen molar-refractivity contribution in [3.63, 3.8) is 0 Å². The Kier molecular flexibility index (Phi) is 4.14. The van der Waals surface area contributed by atoms with Crippen molar-refractivity contribution in [3.8, 4) is 0 Å². The number of hydrogen-bond acceptors (Lipinski definition) is 4. The lowest BCUT2D eigenvalue weighted by atomic mass is 10.2. The maximum atomic E-state index is 11.1. The van der Waals surface area contributed by atoms with Crippen LogP contribution in [-0.2, 0) is 14.3 Å². The van der Waals surface area contributed by atoms with E-state index >= 15 is 0 Å². The van der Waals surface area contributed by atoms with Crippen molar-refractivity contribution in [2.45, 2.75) is 32.0 Å². The maximum absolute atomic E-state index is 11.1. The third-order valence-electron chi connectivity index (χ3n) is 2.05. The summed E-state index contributed by atoms with van der Waals surface area (Å²) in [6, 6.07) is 0. The molecule has 0 saturated carbocycles. The van der Waals surface area contributed by atoms with E-state index in [2.05, 4.69) is 5.43 Å². The van der Waals surface area contributed by atoms with Gasteiger partial charge in [0.1, 0.15) is 6.10 Å². The first-order valence-electron chi connectivity index (χ1n) is 4.51. The molecule has 1 saturated heterocycles. The molecule has 0 aromatic heterocycles. The quantitative estimate of drug-likeness (QED) is 0.356. The molecule has 3 N–H and O–H groups in total. The van der Waals surface area contributed by atoms with E-state index in [1.807, 2.05) is 6.92 Å². The lowest BCUT2D eigenvalue weighted by molar-refractivity contribution is -0.137. The Morgan fingerprint density at radius 3 is 3.08 bits per heavy atom. The zero-order chi connectivity index (χ0) is 9.68. The molecule has 13 heavy (non-hydrogen) atoms. The van der Waals surface area contributed by atoms with Crippen LogP contribution in [0.3, 0.4) is 0 Å². The van der Waals surface area contributed by atoms with E-state index in [0.29, 0.717) is 19.6 Å². The minimum Gasteiger partial charge on any atom is -0.379 e. The monoisotopic (exact) mass is 188 g/mol. The van der Waals surface area contributed by atoms with Gasteiger partial charge < -0.3 is 9.47 Å². The van der Waals surface area contributed by atoms with Gasteiger partial charge in [0, 0.05) is 6.61 Å². The highest BCUT2D eigenvalue weighted by atomic mass is 16.6. The van der Waals surface area contributed by atoms with Gasteiger partial charge in [-0.25, -0.2) is 5.84 Å². The predicted molar refractivity (Wildman–Crippen MR) is 46.7 cm³/mol. The molecule has 5 nitrogen and oxygen atoms in total. The highest BCUT2D eigenvalue weighted by Crippen LogP contribution is 2.12.